The zero-order valence-electron chi connectivity index (χ0n) is 6.60. The van der Waals surface area contributed by atoms with Crippen molar-refractivity contribution in [2.45, 2.75) is 6.42 Å². The largest absolute Gasteiger partial charge is 0.349 e. The Morgan fingerprint density at radius 3 is 3.00 bits per heavy atom. The molecule has 62 valence electrons. The number of carbonyl (C=O) groups excluding carboxylic acids is 1. The summed E-state index contributed by atoms with van der Waals surface area (Å²) in [6, 6.07) is 1.82. The van der Waals surface area contributed by atoms with E-state index in [0.717, 1.165) is 12.4 Å². The third-order valence-corrected chi connectivity index (χ3v) is 1.92. The molecule has 0 amide bonds. The van der Waals surface area contributed by atoms with Crippen LogP contribution in [0.4, 0.5) is 5.82 Å². The molecule has 1 aromatic heterocycles. The fourth-order valence-electron chi connectivity index (χ4n) is 1.30. The summed E-state index contributed by atoms with van der Waals surface area (Å²) in [5.74, 6) is 1.13. The Labute approximate surface area is 70.2 Å². The van der Waals surface area contributed by atoms with Gasteiger partial charge in [0.2, 0.25) is 0 Å². The van der Waals surface area contributed by atoms with Crippen molar-refractivity contribution >= 4 is 11.6 Å². The summed E-state index contributed by atoms with van der Waals surface area (Å²) in [5.41, 5.74) is 0. The topological polar surface area (TPSA) is 46.1 Å². The van der Waals surface area contributed by atoms with E-state index in [1.165, 1.54) is 6.33 Å². The molecule has 1 aliphatic heterocycles. The van der Waals surface area contributed by atoms with Crippen LogP contribution in [0.15, 0.2) is 18.6 Å². The molecular formula is C8H9N3O. The number of rotatable bonds is 1. The predicted octanol–water partition coefficient (Wildman–Crippen LogP) is 0.256. The highest BCUT2D eigenvalue weighted by molar-refractivity contribution is 5.86. The van der Waals surface area contributed by atoms with E-state index < -0.39 is 0 Å². The molecule has 0 radical (unpaired) electrons. The number of nitrogens with zero attached hydrogens (tertiary/aromatic N) is 3. The summed E-state index contributed by atoms with van der Waals surface area (Å²) in [7, 11) is 0. The van der Waals surface area contributed by atoms with Gasteiger partial charge in [-0.05, 0) is 6.07 Å². The molecule has 1 saturated heterocycles. The van der Waals surface area contributed by atoms with Crippen LogP contribution < -0.4 is 4.90 Å². The van der Waals surface area contributed by atoms with Crippen molar-refractivity contribution in [1.29, 1.82) is 0 Å². The molecule has 1 fully saturated rings. The molecule has 0 aliphatic carbocycles. The normalized spacial score (nSPS) is 17.0. The van der Waals surface area contributed by atoms with Crippen LogP contribution in [0, 0.1) is 0 Å². The molecule has 2 rings (SSSR count). The molecule has 0 saturated carbocycles. The van der Waals surface area contributed by atoms with Gasteiger partial charge in [0.25, 0.3) is 0 Å². The lowest BCUT2D eigenvalue weighted by Gasteiger charge is -2.13. The highest BCUT2D eigenvalue weighted by Crippen LogP contribution is 2.13. The van der Waals surface area contributed by atoms with E-state index in [1.807, 2.05) is 11.0 Å². The van der Waals surface area contributed by atoms with Gasteiger partial charge in [0, 0.05) is 19.2 Å². The quantitative estimate of drug-likeness (QED) is 0.595. The molecule has 4 nitrogen and oxygen atoms in total. The first-order valence-electron chi connectivity index (χ1n) is 3.89. The van der Waals surface area contributed by atoms with E-state index in [0.29, 0.717) is 13.0 Å². The van der Waals surface area contributed by atoms with Crippen molar-refractivity contribution in [3.8, 4) is 0 Å². The zero-order valence-corrected chi connectivity index (χ0v) is 6.60. The van der Waals surface area contributed by atoms with Gasteiger partial charge >= 0.3 is 0 Å². The fourth-order valence-corrected chi connectivity index (χ4v) is 1.30. The first-order valence-corrected chi connectivity index (χ1v) is 3.89. The summed E-state index contributed by atoms with van der Waals surface area (Å²) < 4.78 is 0. The molecule has 2 heterocycles. The van der Waals surface area contributed by atoms with Gasteiger partial charge in [-0.3, -0.25) is 4.79 Å². The van der Waals surface area contributed by atoms with Gasteiger partial charge in [-0.15, -0.1) is 0 Å². The number of Topliss-reactive ketones (excluding diaryl/α,β-unsaturated/α-hetero) is 1. The SMILES string of the molecule is O=C1CCN(c2ccncn2)C1. The number of hydrogen-bond acceptors (Lipinski definition) is 4. The first-order chi connectivity index (χ1) is 5.86. The molecule has 4 heteroatoms. The number of carbonyl (C=O) groups is 1. The van der Waals surface area contributed by atoms with E-state index in [-0.39, 0.29) is 5.78 Å². The van der Waals surface area contributed by atoms with Gasteiger partial charge < -0.3 is 4.90 Å². The molecule has 1 aromatic rings. The van der Waals surface area contributed by atoms with Crippen LogP contribution >= 0.6 is 0 Å². The molecule has 0 atom stereocenters. The molecule has 0 bridgehead atoms. The minimum Gasteiger partial charge on any atom is -0.349 e. The van der Waals surface area contributed by atoms with Gasteiger partial charge in [-0.25, -0.2) is 9.97 Å². The molecule has 0 N–H and O–H groups in total. The van der Waals surface area contributed by atoms with Crippen molar-refractivity contribution < 1.29 is 4.79 Å². The van der Waals surface area contributed by atoms with Crippen LogP contribution in [-0.2, 0) is 4.79 Å². The maximum absolute atomic E-state index is 10.9. The van der Waals surface area contributed by atoms with Crippen LogP contribution in [0.3, 0.4) is 0 Å². The minimum atomic E-state index is 0.286. The maximum Gasteiger partial charge on any atom is 0.153 e. The molecule has 0 aromatic carbocycles. The molecule has 12 heavy (non-hydrogen) atoms. The third-order valence-electron chi connectivity index (χ3n) is 1.92. The summed E-state index contributed by atoms with van der Waals surface area (Å²) in [6.45, 7) is 1.28. The van der Waals surface area contributed by atoms with Gasteiger partial charge in [0.15, 0.2) is 5.78 Å². The number of ketones is 1. The van der Waals surface area contributed by atoms with E-state index in [2.05, 4.69) is 9.97 Å². The van der Waals surface area contributed by atoms with Crippen LogP contribution in [0.2, 0.25) is 0 Å². The van der Waals surface area contributed by atoms with Crippen molar-refractivity contribution in [2.24, 2.45) is 0 Å². The van der Waals surface area contributed by atoms with Crippen molar-refractivity contribution in [1.82, 2.24) is 9.97 Å². The Balaban J connectivity index is 2.16. The summed E-state index contributed by atoms with van der Waals surface area (Å²) in [5, 5.41) is 0. The van der Waals surface area contributed by atoms with Crippen molar-refractivity contribution in [3.63, 3.8) is 0 Å². The molecular weight excluding hydrogens is 154 g/mol. The Kier molecular flexibility index (Phi) is 1.74. The van der Waals surface area contributed by atoms with Crippen LogP contribution in [0.1, 0.15) is 6.42 Å². The van der Waals surface area contributed by atoms with Gasteiger partial charge in [-0.1, -0.05) is 0 Å². The van der Waals surface area contributed by atoms with Crippen molar-refractivity contribution in [2.75, 3.05) is 18.0 Å². The smallest absolute Gasteiger partial charge is 0.153 e. The Morgan fingerprint density at radius 1 is 1.50 bits per heavy atom. The highest BCUT2D eigenvalue weighted by atomic mass is 16.1. The molecule has 0 unspecified atom stereocenters. The zero-order chi connectivity index (χ0) is 8.39. The third kappa shape index (κ3) is 1.28. The number of hydrogen-bond donors (Lipinski definition) is 0. The minimum absolute atomic E-state index is 0.286. The van der Waals surface area contributed by atoms with E-state index in [4.69, 9.17) is 0 Å². The lowest BCUT2D eigenvalue weighted by atomic mass is 10.4. The lowest BCUT2D eigenvalue weighted by Crippen LogP contribution is -2.20. The van der Waals surface area contributed by atoms with E-state index >= 15 is 0 Å². The Hall–Kier alpha value is -1.45. The second kappa shape index (κ2) is 2.89. The maximum atomic E-state index is 10.9. The Morgan fingerprint density at radius 2 is 2.42 bits per heavy atom. The Bertz CT molecular complexity index is 286. The van der Waals surface area contributed by atoms with Gasteiger partial charge in [0.05, 0.1) is 6.54 Å². The highest BCUT2D eigenvalue weighted by Gasteiger charge is 2.19. The van der Waals surface area contributed by atoms with Crippen LogP contribution in [-0.4, -0.2) is 28.8 Å². The predicted molar refractivity (Wildman–Crippen MR) is 43.9 cm³/mol. The standard InChI is InChI=1S/C8H9N3O/c12-7-2-4-11(5-7)8-1-3-9-6-10-8/h1,3,6H,2,4-5H2. The summed E-state index contributed by atoms with van der Waals surface area (Å²) >= 11 is 0. The fraction of sp³-hybridized carbons (Fsp3) is 0.375. The summed E-state index contributed by atoms with van der Waals surface area (Å²) in [6.07, 6.45) is 3.83. The van der Waals surface area contributed by atoms with E-state index in [9.17, 15) is 4.79 Å². The molecule has 1 aliphatic rings. The monoisotopic (exact) mass is 163 g/mol. The van der Waals surface area contributed by atoms with Crippen LogP contribution in [0.25, 0.3) is 0 Å². The number of aromatic nitrogens is 2. The van der Waals surface area contributed by atoms with Gasteiger partial charge in [-0.2, -0.15) is 0 Å². The average molecular weight is 163 g/mol. The second-order valence-corrected chi connectivity index (χ2v) is 2.78. The second-order valence-electron chi connectivity index (χ2n) is 2.78. The summed E-state index contributed by atoms with van der Waals surface area (Å²) in [4.78, 5) is 20.8. The van der Waals surface area contributed by atoms with E-state index in [1.54, 1.807) is 6.20 Å². The lowest BCUT2D eigenvalue weighted by molar-refractivity contribution is -0.116. The average Bonchev–Trinajstić information content (AvgIpc) is 2.54. The first kappa shape index (κ1) is 7.21. The van der Waals surface area contributed by atoms with Crippen molar-refractivity contribution in [3.05, 3.63) is 18.6 Å². The van der Waals surface area contributed by atoms with Crippen LogP contribution in [0.5, 0.6) is 0 Å². The number of anilines is 1. The molecule has 0 spiro atoms. The van der Waals surface area contributed by atoms with Gasteiger partial charge in [0.1, 0.15) is 12.1 Å².